The van der Waals surface area contributed by atoms with Crippen LogP contribution in [0.25, 0.3) is 0 Å². The van der Waals surface area contributed by atoms with Crippen molar-refractivity contribution in [3.63, 3.8) is 0 Å². The predicted molar refractivity (Wildman–Crippen MR) is 98.6 cm³/mol. The van der Waals surface area contributed by atoms with E-state index in [2.05, 4.69) is 51.9 Å². The van der Waals surface area contributed by atoms with Crippen LogP contribution in [0.3, 0.4) is 0 Å². The van der Waals surface area contributed by atoms with E-state index < -0.39 is 0 Å². The lowest BCUT2D eigenvalue weighted by molar-refractivity contribution is 0.291. The van der Waals surface area contributed by atoms with Crippen LogP contribution in [0.1, 0.15) is 23.7 Å². The second-order valence-corrected chi connectivity index (χ2v) is 6.33. The number of benzene rings is 1. The van der Waals surface area contributed by atoms with Crippen molar-refractivity contribution < 1.29 is 4.74 Å². The molecule has 122 valence electrons. The maximum Gasteiger partial charge on any atom is 0.228 e. The Labute approximate surface area is 146 Å². The predicted octanol–water partition coefficient (Wildman–Crippen LogP) is 4.65. The van der Waals surface area contributed by atoms with E-state index in [1.165, 1.54) is 5.56 Å². The van der Waals surface area contributed by atoms with Crippen LogP contribution in [0.4, 0.5) is 5.69 Å². The van der Waals surface area contributed by atoms with Crippen molar-refractivity contribution in [1.82, 2.24) is 9.88 Å². The third-order valence-electron chi connectivity index (χ3n) is 3.46. The summed E-state index contributed by atoms with van der Waals surface area (Å²) in [6.45, 7) is 7.49. The summed E-state index contributed by atoms with van der Waals surface area (Å²) in [5.74, 6) is 0.590. The molecular weight excluding hydrogens is 354 g/mol. The van der Waals surface area contributed by atoms with Gasteiger partial charge in [-0.3, -0.25) is 0 Å². The molecule has 0 N–H and O–H groups in total. The van der Waals surface area contributed by atoms with Crippen molar-refractivity contribution in [2.24, 2.45) is 4.99 Å². The molecule has 0 spiro atoms. The molecule has 1 heterocycles. The highest BCUT2D eigenvalue weighted by molar-refractivity contribution is 9.10. The number of pyridine rings is 1. The largest absolute Gasteiger partial charge is 0.472 e. The highest BCUT2D eigenvalue weighted by Crippen LogP contribution is 2.30. The minimum absolute atomic E-state index is 0.494. The molecule has 2 aromatic rings. The lowest BCUT2D eigenvalue weighted by atomic mass is 10.1. The van der Waals surface area contributed by atoms with Crippen LogP contribution >= 0.6 is 15.9 Å². The van der Waals surface area contributed by atoms with Crippen molar-refractivity contribution in [1.29, 1.82) is 0 Å². The van der Waals surface area contributed by atoms with Crippen LogP contribution in [-0.2, 0) is 6.61 Å². The third-order valence-corrected chi connectivity index (χ3v) is 4.03. The molecule has 1 aromatic carbocycles. The number of hydrogen-bond acceptors (Lipinski definition) is 3. The lowest BCUT2D eigenvalue weighted by Crippen LogP contribution is -2.14. The van der Waals surface area contributed by atoms with E-state index in [-0.39, 0.29) is 0 Å². The van der Waals surface area contributed by atoms with Gasteiger partial charge in [-0.25, -0.2) is 9.98 Å². The molecule has 0 atom stereocenters. The van der Waals surface area contributed by atoms with Gasteiger partial charge in [0, 0.05) is 13.6 Å². The molecule has 2 rings (SSSR count). The fourth-order valence-corrected chi connectivity index (χ4v) is 2.40. The summed E-state index contributed by atoms with van der Waals surface area (Å²) in [6, 6.07) is 10.2. The topological polar surface area (TPSA) is 37.7 Å². The second-order valence-electron chi connectivity index (χ2n) is 5.48. The Morgan fingerprint density at radius 3 is 2.78 bits per heavy atom. The first-order chi connectivity index (χ1) is 11.0. The molecule has 0 radical (unpaired) electrons. The summed E-state index contributed by atoms with van der Waals surface area (Å²) in [7, 11) is 1.99. The molecule has 5 heteroatoms. The summed E-state index contributed by atoms with van der Waals surface area (Å²) >= 11 is 3.52. The van der Waals surface area contributed by atoms with Crippen molar-refractivity contribution in [3.05, 3.63) is 51.6 Å². The summed E-state index contributed by atoms with van der Waals surface area (Å²) < 4.78 is 6.65. The number of aliphatic imine (C=N–C) groups is 1. The van der Waals surface area contributed by atoms with Crippen LogP contribution in [0.2, 0.25) is 0 Å². The highest BCUT2D eigenvalue weighted by atomic mass is 79.9. The van der Waals surface area contributed by atoms with Gasteiger partial charge in [-0.05, 0) is 48.3 Å². The quantitative estimate of drug-likeness (QED) is 0.544. The van der Waals surface area contributed by atoms with Gasteiger partial charge in [0.25, 0.3) is 0 Å². The Bertz CT molecular complexity index is 701. The minimum atomic E-state index is 0.494. The molecule has 0 bridgehead atoms. The molecule has 0 aliphatic carbocycles. The van der Waals surface area contributed by atoms with Crippen LogP contribution < -0.4 is 4.74 Å². The molecule has 0 aliphatic heterocycles. The summed E-state index contributed by atoms with van der Waals surface area (Å²) in [5, 5.41) is 0. The highest BCUT2D eigenvalue weighted by Gasteiger charge is 2.08. The first-order valence-electron chi connectivity index (χ1n) is 7.59. The molecule has 0 aliphatic rings. The van der Waals surface area contributed by atoms with Gasteiger partial charge >= 0.3 is 0 Å². The van der Waals surface area contributed by atoms with Gasteiger partial charge < -0.3 is 9.64 Å². The van der Waals surface area contributed by atoms with E-state index in [4.69, 9.17) is 4.74 Å². The molecule has 23 heavy (non-hydrogen) atoms. The molecule has 0 unspecified atom stereocenters. The zero-order chi connectivity index (χ0) is 16.8. The number of nitrogens with zero attached hydrogens (tertiary/aromatic N) is 3. The van der Waals surface area contributed by atoms with Crippen LogP contribution in [-0.4, -0.2) is 29.8 Å². The zero-order valence-electron chi connectivity index (χ0n) is 14.0. The fraction of sp³-hybridized carbons (Fsp3) is 0.333. The van der Waals surface area contributed by atoms with Crippen molar-refractivity contribution >= 4 is 28.0 Å². The number of ether oxygens (including phenoxy) is 1. The fourth-order valence-electron chi connectivity index (χ4n) is 1.98. The molecule has 4 nitrogen and oxygen atoms in total. The minimum Gasteiger partial charge on any atom is -0.472 e. The van der Waals surface area contributed by atoms with Gasteiger partial charge in [-0.2, -0.15) is 0 Å². The van der Waals surface area contributed by atoms with Crippen molar-refractivity contribution in [2.75, 3.05) is 13.6 Å². The Hall–Kier alpha value is -1.88. The van der Waals surface area contributed by atoms with E-state index in [9.17, 15) is 0 Å². The van der Waals surface area contributed by atoms with Gasteiger partial charge in [-0.1, -0.05) is 29.8 Å². The Kier molecular flexibility index (Phi) is 6.16. The van der Waals surface area contributed by atoms with Crippen molar-refractivity contribution in [3.8, 4) is 5.88 Å². The maximum atomic E-state index is 5.84. The SMILES string of the molecule is CCN(C)C=Nc1cc(Br)c(OCc2cccc(C)c2)nc1C. The van der Waals surface area contributed by atoms with Gasteiger partial charge in [-0.15, -0.1) is 0 Å². The summed E-state index contributed by atoms with van der Waals surface area (Å²) in [4.78, 5) is 11.0. The van der Waals surface area contributed by atoms with E-state index in [0.717, 1.165) is 28.0 Å². The summed E-state index contributed by atoms with van der Waals surface area (Å²) in [6.07, 6.45) is 1.81. The molecule has 0 amide bonds. The van der Waals surface area contributed by atoms with Gasteiger partial charge in [0.1, 0.15) is 6.61 Å². The number of rotatable bonds is 6. The third kappa shape index (κ3) is 5.06. The Morgan fingerprint density at radius 1 is 1.30 bits per heavy atom. The first kappa shape index (κ1) is 17.5. The van der Waals surface area contributed by atoms with E-state index in [1.807, 2.05) is 43.4 Å². The van der Waals surface area contributed by atoms with Gasteiger partial charge in [0.2, 0.25) is 5.88 Å². The van der Waals surface area contributed by atoms with Crippen LogP contribution in [0, 0.1) is 13.8 Å². The van der Waals surface area contributed by atoms with E-state index in [0.29, 0.717) is 12.5 Å². The Morgan fingerprint density at radius 2 is 2.09 bits per heavy atom. The van der Waals surface area contributed by atoms with Crippen LogP contribution in [0.15, 0.2) is 39.8 Å². The molecular formula is C18H22BrN3O. The molecule has 0 saturated carbocycles. The summed E-state index contributed by atoms with van der Waals surface area (Å²) in [5.41, 5.74) is 4.02. The number of aryl methyl sites for hydroxylation is 2. The zero-order valence-corrected chi connectivity index (χ0v) is 15.6. The lowest BCUT2D eigenvalue weighted by Gasteiger charge is -2.11. The number of hydrogen-bond donors (Lipinski definition) is 0. The smallest absolute Gasteiger partial charge is 0.228 e. The second kappa shape index (κ2) is 8.11. The standard InChI is InChI=1S/C18H22BrN3O/c1-5-22(4)12-20-17-10-16(19)18(21-14(17)3)23-11-15-8-6-7-13(2)9-15/h6-10,12H,5,11H2,1-4H3. The van der Waals surface area contributed by atoms with E-state index in [1.54, 1.807) is 0 Å². The molecule has 0 saturated heterocycles. The first-order valence-corrected chi connectivity index (χ1v) is 8.38. The van der Waals surface area contributed by atoms with Crippen LogP contribution in [0.5, 0.6) is 5.88 Å². The molecule has 0 fully saturated rings. The maximum absolute atomic E-state index is 5.84. The van der Waals surface area contributed by atoms with Gasteiger partial charge in [0.15, 0.2) is 0 Å². The number of aromatic nitrogens is 1. The average Bonchev–Trinajstić information content (AvgIpc) is 2.53. The molecule has 1 aromatic heterocycles. The average molecular weight is 376 g/mol. The van der Waals surface area contributed by atoms with E-state index >= 15 is 0 Å². The van der Waals surface area contributed by atoms with Gasteiger partial charge in [0.05, 0.1) is 22.2 Å². The monoisotopic (exact) mass is 375 g/mol. The number of halogens is 1. The normalized spacial score (nSPS) is 11.0. The van der Waals surface area contributed by atoms with Crippen molar-refractivity contribution in [2.45, 2.75) is 27.4 Å². The Balaban J connectivity index is 2.12.